The van der Waals surface area contributed by atoms with Crippen LogP contribution in [0.5, 0.6) is 0 Å². The first-order valence-electron chi connectivity index (χ1n) is 16.4. The van der Waals surface area contributed by atoms with Crippen LogP contribution in [0.25, 0.3) is 0 Å². The summed E-state index contributed by atoms with van der Waals surface area (Å²) in [5.41, 5.74) is 5.84. The predicted octanol–water partition coefficient (Wildman–Crippen LogP) is 6.81. The Hall–Kier alpha value is -4.43. The van der Waals surface area contributed by atoms with Gasteiger partial charge in [0, 0.05) is 19.0 Å². The highest BCUT2D eigenvalue weighted by atomic mass is 32.2. The van der Waals surface area contributed by atoms with Gasteiger partial charge in [-0.25, -0.2) is 8.42 Å². The van der Waals surface area contributed by atoms with Crippen molar-refractivity contribution in [3.63, 3.8) is 0 Å². The maximum Gasteiger partial charge on any atom is 0.264 e. The van der Waals surface area contributed by atoms with E-state index in [1.165, 1.54) is 4.31 Å². The van der Waals surface area contributed by atoms with E-state index in [0.717, 1.165) is 59.1 Å². The third kappa shape index (κ3) is 8.11. The lowest BCUT2D eigenvalue weighted by molar-refractivity contribution is -0.140. The van der Waals surface area contributed by atoms with E-state index in [1.54, 1.807) is 41.3 Å². The Morgan fingerprint density at radius 1 is 0.787 bits per heavy atom. The molecule has 1 unspecified atom stereocenters. The zero-order chi connectivity index (χ0) is 33.6. The van der Waals surface area contributed by atoms with Crippen LogP contribution in [0.15, 0.2) is 102 Å². The molecule has 1 aliphatic carbocycles. The van der Waals surface area contributed by atoms with Crippen LogP contribution in [0.1, 0.15) is 59.1 Å². The molecule has 1 N–H and O–H groups in total. The molecule has 1 saturated carbocycles. The number of hydrogen-bond acceptors (Lipinski definition) is 4. The van der Waals surface area contributed by atoms with Crippen molar-refractivity contribution in [3.8, 4) is 0 Å². The van der Waals surface area contributed by atoms with Gasteiger partial charge in [-0.1, -0.05) is 97.3 Å². The molecule has 0 spiro atoms. The Balaban J connectivity index is 1.60. The monoisotopic (exact) mass is 651 g/mol. The van der Waals surface area contributed by atoms with Gasteiger partial charge in [0.15, 0.2) is 0 Å². The smallest absolute Gasteiger partial charge is 0.264 e. The standard InChI is InChI=1S/C39H45N3O4S/c1-28-21-23-35(24-22-28)47(45,46)42(36-20-12-14-29(2)31(36)4)27-38(43)41(26-33-17-9-8-13-30(33)3)37(25-32-15-6-5-7-16-32)39(44)40-34-18-10-11-19-34/h5-9,12-17,20-24,34,37H,10-11,18-19,25-27H2,1-4H3,(H,40,44). The van der Waals surface area contributed by atoms with Gasteiger partial charge in [-0.15, -0.1) is 0 Å². The number of sulfonamides is 1. The molecule has 0 bridgehead atoms. The number of hydrogen-bond donors (Lipinski definition) is 1. The normalized spacial score (nSPS) is 14.0. The van der Waals surface area contributed by atoms with Crippen molar-refractivity contribution in [2.75, 3.05) is 10.8 Å². The van der Waals surface area contributed by atoms with Crippen LogP contribution < -0.4 is 9.62 Å². The zero-order valence-corrected chi connectivity index (χ0v) is 28.6. The highest BCUT2D eigenvalue weighted by molar-refractivity contribution is 7.92. The van der Waals surface area contributed by atoms with Crippen LogP contribution in [-0.4, -0.2) is 43.8 Å². The lowest BCUT2D eigenvalue weighted by Gasteiger charge is -2.35. The largest absolute Gasteiger partial charge is 0.352 e. The van der Waals surface area contributed by atoms with Crippen molar-refractivity contribution < 1.29 is 18.0 Å². The fourth-order valence-electron chi connectivity index (χ4n) is 6.25. The van der Waals surface area contributed by atoms with E-state index in [0.29, 0.717) is 12.1 Å². The van der Waals surface area contributed by atoms with E-state index in [2.05, 4.69) is 5.32 Å². The van der Waals surface area contributed by atoms with Gasteiger partial charge < -0.3 is 10.2 Å². The first-order valence-corrected chi connectivity index (χ1v) is 17.8. The fourth-order valence-corrected chi connectivity index (χ4v) is 7.72. The summed E-state index contributed by atoms with van der Waals surface area (Å²) >= 11 is 0. The van der Waals surface area contributed by atoms with Gasteiger partial charge in [0.25, 0.3) is 10.0 Å². The number of carbonyl (C=O) groups excluding carboxylic acids is 2. The minimum atomic E-state index is -4.16. The molecule has 0 radical (unpaired) electrons. The van der Waals surface area contributed by atoms with Crippen LogP contribution in [0, 0.1) is 27.7 Å². The van der Waals surface area contributed by atoms with Crippen molar-refractivity contribution in [3.05, 3.63) is 130 Å². The molecule has 4 aromatic rings. The summed E-state index contributed by atoms with van der Waals surface area (Å²) < 4.78 is 30.0. The molecule has 246 valence electrons. The molecule has 0 aromatic heterocycles. The lowest BCUT2D eigenvalue weighted by atomic mass is 10.0. The molecule has 1 fully saturated rings. The summed E-state index contributed by atoms with van der Waals surface area (Å²) in [5, 5.41) is 3.23. The van der Waals surface area contributed by atoms with Gasteiger partial charge in [-0.2, -0.15) is 0 Å². The van der Waals surface area contributed by atoms with Gasteiger partial charge in [0.2, 0.25) is 11.8 Å². The van der Waals surface area contributed by atoms with Crippen molar-refractivity contribution in [2.45, 2.75) is 83.3 Å². The summed E-state index contributed by atoms with van der Waals surface area (Å²) in [4.78, 5) is 30.7. The van der Waals surface area contributed by atoms with Gasteiger partial charge in [0.1, 0.15) is 12.6 Å². The Morgan fingerprint density at radius 2 is 1.43 bits per heavy atom. The van der Waals surface area contributed by atoms with Gasteiger partial charge in [-0.05, 0) is 86.6 Å². The molecule has 47 heavy (non-hydrogen) atoms. The molecule has 4 aromatic carbocycles. The second-order valence-electron chi connectivity index (χ2n) is 12.7. The minimum Gasteiger partial charge on any atom is -0.352 e. The topological polar surface area (TPSA) is 86.8 Å². The van der Waals surface area contributed by atoms with E-state index in [4.69, 9.17) is 0 Å². The molecular weight excluding hydrogens is 607 g/mol. The quantitative estimate of drug-likeness (QED) is 0.182. The number of anilines is 1. The predicted molar refractivity (Wildman–Crippen MR) is 188 cm³/mol. The summed E-state index contributed by atoms with van der Waals surface area (Å²) in [6.45, 7) is 7.36. The Bertz CT molecular complexity index is 1800. The van der Waals surface area contributed by atoms with E-state index in [-0.39, 0.29) is 23.4 Å². The first kappa shape index (κ1) is 33.9. The number of nitrogens with zero attached hydrogens (tertiary/aromatic N) is 2. The molecule has 8 heteroatoms. The molecule has 7 nitrogen and oxygen atoms in total. The highest BCUT2D eigenvalue weighted by Gasteiger charge is 2.36. The number of aryl methyl sites for hydroxylation is 3. The van der Waals surface area contributed by atoms with Crippen LogP contribution in [0.4, 0.5) is 5.69 Å². The maximum atomic E-state index is 14.8. The van der Waals surface area contributed by atoms with E-state index < -0.39 is 28.5 Å². The second-order valence-corrected chi connectivity index (χ2v) is 14.5. The van der Waals surface area contributed by atoms with Crippen molar-refractivity contribution >= 4 is 27.5 Å². The van der Waals surface area contributed by atoms with Crippen LogP contribution in [0.2, 0.25) is 0 Å². The van der Waals surface area contributed by atoms with E-state index >= 15 is 0 Å². The minimum absolute atomic E-state index is 0.0598. The Labute approximate surface area is 279 Å². The molecular formula is C39H45N3O4S. The van der Waals surface area contributed by atoms with Crippen LogP contribution in [-0.2, 0) is 32.6 Å². The number of carbonyl (C=O) groups is 2. The first-order chi connectivity index (χ1) is 22.5. The summed E-state index contributed by atoms with van der Waals surface area (Å²) in [5.74, 6) is -0.672. The average molecular weight is 652 g/mol. The molecule has 0 aliphatic heterocycles. The Morgan fingerprint density at radius 3 is 2.11 bits per heavy atom. The van der Waals surface area contributed by atoms with E-state index in [1.807, 2.05) is 88.4 Å². The van der Waals surface area contributed by atoms with Crippen molar-refractivity contribution in [2.24, 2.45) is 0 Å². The van der Waals surface area contributed by atoms with Crippen LogP contribution >= 0.6 is 0 Å². The number of benzene rings is 4. The zero-order valence-electron chi connectivity index (χ0n) is 27.8. The van der Waals surface area contributed by atoms with Crippen molar-refractivity contribution in [1.82, 2.24) is 10.2 Å². The second kappa shape index (κ2) is 15.0. The average Bonchev–Trinajstić information content (AvgIpc) is 3.57. The molecule has 1 atom stereocenters. The van der Waals surface area contributed by atoms with Gasteiger partial charge in [0.05, 0.1) is 10.6 Å². The highest BCUT2D eigenvalue weighted by Crippen LogP contribution is 2.30. The molecule has 0 heterocycles. The Kier molecular flexibility index (Phi) is 10.8. The number of nitrogens with one attached hydrogen (secondary N) is 1. The summed E-state index contributed by atoms with van der Waals surface area (Å²) in [6.07, 6.45) is 4.23. The van der Waals surface area contributed by atoms with E-state index in [9.17, 15) is 18.0 Å². The molecule has 1 aliphatic rings. The van der Waals surface area contributed by atoms with Crippen molar-refractivity contribution in [1.29, 1.82) is 0 Å². The lowest BCUT2D eigenvalue weighted by Crippen LogP contribution is -2.54. The number of rotatable bonds is 12. The number of amides is 2. The van der Waals surface area contributed by atoms with Gasteiger partial charge >= 0.3 is 0 Å². The van der Waals surface area contributed by atoms with Crippen LogP contribution in [0.3, 0.4) is 0 Å². The molecule has 5 rings (SSSR count). The molecule has 2 amide bonds. The summed E-state index contributed by atoms with van der Waals surface area (Å²) in [6, 6.07) is 28.8. The third-order valence-corrected chi connectivity index (χ3v) is 11.1. The SMILES string of the molecule is Cc1ccc(S(=O)(=O)N(CC(=O)N(Cc2ccccc2C)C(Cc2ccccc2)C(=O)NC2CCCC2)c2cccc(C)c2C)cc1. The third-order valence-electron chi connectivity index (χ3n) is 9.31. The fraction of sp³-hybridized carbons (Fsp3) is 0.333. The maximum absolute atomic E-state index is 14.8. The molecule has 0 saturated heterocycles. The summed E-state index contributed by atoms with van der Waals surface area (Å²) in [7, 11) is -4.16. The van der Waals surface area contributed by atoms with Gasteiger partial charge in [-0.3, -0.25) is 13.9 Å².